The summed E-state index contributed by atoms with van der Waals surface area (Å²) < 4.78 is 4.77. The van der Waals surface area contributed by atoms with Crippen molar-refractivity contribution in [2.75, 3.05) is 36.5 Å². The molecular formula is C27H27N5O2. The van der Waals surface area contributed by atoms with Crippen LogP contribution < -0.4 is 9.80 Å². The number of aromatic nitrogens is 3. The van der Waals surface area contributed by atoms with Crippen LogP contribution in [0.25, 0.3) is 10.8 Å². The lowest BCUT2D eigenvalue weighted by molar-refractivity contribution is 0.0600. The number of benzene rings is 2. The number of hydrogen-bond donors (Lipinski definition) is 0. The standard InChI is InChI=1S/C27H27N5O2/c1-19-18-31(25-13-12-21(17-28-25)27(33)34-2)14-15-32(19)26-23-11-7-6-10-22(23)24(29-30-26)16-20-8-4-3-5-9-20/h3-13,17,19H,14-16,18H2,1-2H3/t19-/m0/s1. The lowest BCUT2D eigenvalue weighted by Crippen LogP contribution is -2.52. The number of pyridine rings is 1. The van der Waals surface area contributed by atoms with Crippen molar-refractivity contribution in [1.29, 1.82) is 0 Å². The van der Waals surface area contributed by atoms with E-state index in [1.165, 1.54) is 12.7 Å². The van der Waals surface area contributed by atoms with Gasteiger partial charge in [0.2, 0.25) is 0 Å². The summed E-state index contributed by atoms with van der Waals surface area (Å²) in [6.07, 6.45) is 2.33. The molecule has 1 saturated heterocycles. The van der Waals surface area contributed by atoms with E-state index < -0.39 is 0 Å². The fraction of sp³-hybridized carbons (Fsp3) is 0.259. The first-order valence-corrected chi connectivity index (χ1v) is 11.5. The number of rotatable bonds is 5. The number of ether oxygens (including phenoxy) is 1. The monoisotopic (exact) mass is 453 g/mol. The Bertz CT molecular complexity index is 1290. The molecular weight excluding hydrogens is 426 g/mol. The minimum absolute atomic E-state index is 0.216. The Morgan fingerprint density at radius 3 is 2.44 bits per heavy atom. The number of fused-ring (bicyclic) bond motifs is 1. The Hall–Kier alpha value is -4.00. The van der Waals surface area contributed by atoms with Gasteiger partial charge in [-0.25, -0.2) is 9.78 Å². The predicted octanol–water partition coefficient (Wildman–Crippen LogP) is 4.12. The third-order valence-electron chi connectivity index (χ3n) is 6.35. The molecule has 0 spiro atoms. The number of anilines is 2. The van der Waals surface area contributed by atoms with E-state index in [2.05, 4.69) is 75.3 Å². The number of methoxy groups -OCH3 is 1. The molecule has 0 N–H and O–H groups in total. The lowest BCUT2D eigenvalue weighted by atomic mass is 10.0. The van der Waals surface area contributed by atoms with Crippen LogP contribution in [-0.2, 0) is 11.2 Å². The zero-order valence-electron chi connectivity index (χ0n) is 19.4. The molecule has 1 atom stereocenters. The fourth-order valence-electron chi connectivity index (χ4n) is 4.57. The van der Waals surface area contributed by atoms with E-state index in [1.54, 1.807) is 12.3 Å². The molecule has 0 aliphatic carbocycles. The maximum Gasteiger partial charge on any atom is 0.339 e. The van der Waals surface area contributed by atoms with Crippen molar-refractivity contribution in [2.45, 2.75) is 19.4 Å². The SMILES string of the molecule is COC(=O)c1ccc(N2CCN(c3nnc(Cc4ccccc4)c4ccccc34)[C@@H](C)C2)nc1. The van der Waals surface area contributed by atoms with Gasteiger partial charge in [0.15, 0.2) is 5.82 Å². The van der Waals surface area contributed by atoms with E-state index in [9.17, 15) is 4.79 Å². The van der Waals surface area contributed by atoms with E-state index in [0.29, 0.717) is 5.56 Å². The number of hydrogen-bond acceptors (Lipinski definition) is 7. The Morgan fingerprint density at radius 1 is 0.971 bits per heavy atom. The normalized spacial score (nSPS) is 16.0. The van der Waals surface area contributed by atoms with Crippen LogP contribution >= 0.6 is 0 Å². The van der Waals surface area contributed by atoms with Gasteiger partial charge < -0.3 is 14.5 Å². The molecule has 4 aromatic rings. The van der Waals surface area contributed by atoms with Crippen LogP contribution in [0.3, 0.4) is 0 Å². The first-order valence-electron chi connectivity index (χ1n) is 11.5. The summed E-state index contributed by atoms with van der Waals surface area (Å²) in [6.45, 7) is 4.60. The minimum atomic E-state index is -0.376. The van der Waals surface area contributed by atoms with Crippen LogP contribution in [0.1, 0.15) is 28.5 Å². The van der Waals surface area contributed by atoms with Crippen LogP contribution in [0.15, 0.2) is 72.9 Å². The molecule has 3 heterocycles. The highest BCUT2D eigenvalue weighted by Gasteiger charge is 2.27. The van der Waals surface area contributed by atoms with E-state index >= 15 is 0 Å². The first-order chi connectivity index (χ1) is 16.6. The van der Waals surface area contributed by atoms with Crippen molar-refractivity contribution in [2.24, 2.45) is 0 Å². The number of carbonyl (C=O) groups is 1. The van der Waals surface area contributed by atoms with Crippen molar-refractivity contribution < 1.29 is 9.53 Å². The van der Waals surface area contributed by atoms with Gasteiger partial charge in [-0.15, -0.1) is 5.10 Å². The lowest BCUT2D eigenvalue weighted by Gasteiger charge is -2.41. The van der Waals surface area contributed by atoms with Gasteiger partial charge in [-0.3, -0.25) is 0 Å². The van der Waals surface area contributed by atoms with Crippen LogP contribution in [-0.4, -0.2) is 53.9 Å². The molecule has 0 bridgehead atoms. The molecule has 0 unspecified atom stereocenters. The van der Waals surface area contributed by atoms with Crippen molar-refractivity contribution in [3.05, 3.63) is 89.7 Å². The Labute approximate surface area is 199 Å². The Kier molecular flexibility index (Phi) is 6.08. The molecule has 1 fully saturated rings. The molecule has 7 nitrogen and oxygen atoms in total. The molecule has 7 heteroatoms. The molecule has 1 aliphatic rings. The zero-order chi connectivity index (χ0) is 23.5. The first kappa shape index (κ1) is 21.8. The zero-order valence-corrected chi connectivity index (χ0v) is 19.4. The second-order valence-corrected chi connectivity index (χ2v) is 8.56. The summed E-state index contributed by atoms with van der Waals surface area (Å²) >= 11 is 0. The molecule has 5 rings (SSSR count). The van der Waals surface area contributed by atoms with Crippen LogP contribution in [0.2, 0.25) is 0 Å². The summed E-state index contributed by atoms with van der Waals surface area (Å²) in [5, 5.41) is 11.6. The number of nitrogens with zero attached hydrogens (tertiary/aromatic N) is 5. The van der Waals surface area contributed by atoms with Crippen molar-refractivity contribution in [1.82, 2.24) is 15.2 Å². The molecule has 172 valence electrons. The number of piperazine rings is 1. The third kappa shape index (κ3) is 4.29. The molecule has 2 aromatic heterocycles. The quantitative estimate of drug-likeness (QED) is 0.421. The van der Waals surface area contributed by atoms with Gasteiger partial charge in [-0.2, -0.15) is 5.10 Å². The highest BCUT2D eigenvalue weighted by Crippen LogP contribution is 2.30. The van der Waals surface area contributed by atoms with Gasteiger partial charge in [0.1, 0.15) is 5.82 Å². The molecule has 2 aromatic carbocycles. The molecule has 34 heavy (non-hydrogen) atoms. The summed E-state index contributed by atoms with van der Waals surface area (Å²) in [7, 11) is 1.37. The third-order valence-corrected chi connectivity index (χ3v) is 6.35. The minimum Gasteiger partial charge on any atom is -0.465 e. The number of carbonyl (C=O) groups excluding carboxylic acids is 1. The van der Waals surface area contributed by atoms with Gasteiger partial charge in [0, 0.05) is 49.1 Å². The summed E-state index contributed by atoms with van der Waals surface area (Å²) in [6, 6.07) is 22.6. The average molecular weight is 454 g/mol. The highest BCUT2D eigenvalue weighted by molar-refractivity contribution is 5.94. The van der Waals surface area contributed by atoms with E-state index in [0.717, 1.165) is 54.2 Å². The summed E-state index contributed by atoms with van der Waals surface area (Å²) in [5.74, 6) is 1.40. The van der Waals surface area contributed by atoms with E-state index in [4.69, 9.17) is 9.84 Å². The average Bonchev–Trinajstić information content (AvgIpc) is 2.89. The Morgan fingerprint density at radius 2 is 1.74 bits per heavy atom. The van der Waals surface area contributed by atoms with Gasteiger partial charge in [-0.05, 0) is 24.6 Å². The van der Waals surface area contributed by atoms with Gasteiger partial charge in [0.25, 0.3) is 0 Å². The van der Waals surface area contributed by atoms with Gasteiger partial charge in [0.05, 0.1) is 18.4 Å². The highest BCUT2D eigenvalue weighted by atomic mass is 16.5. The summed E-state index contributed by atoms with van der Waals surface area (Å²) in [4.78, 5) is 20.7. The van der Waals surface area contributed by atoms with Crippen molar-refractivity contribution in [3.63, 3.8) is 0 Å². The smallest absolute Gasteiger partial charge is 0.339 e. The topological polar surface area (TPSA) is 71.5 Å². The van der Waals surface area contributed by atoms with Crippen LogP contribution in [0, 0.1) is 0 Å². The van der Waals surface area contributed by atoms with Crippen LogP contribution in [0.4, 0.5) is 11.6 Å². The van der Waals surface area contributed by atoms with Gasteiger partial charge in [-0.1, -0.05) is 54.6 Å². The van der Waals surface area contributed by atoms with Crippen molar-refractivity contribution in [3.8, 4) is 0 Å². The molecule has 0 saturated carbocycles. The maximum absolute atomic E-state index is 11.7. The fourth-order valence-corrected chi connectivity index (χ4v) is 4.57. The predicted molar refractivity (Wildman–Crippen MR) is 133 cm³/mol. The van der Waals surface area contributed by atoms with Gasteiger partial charge >= 0.3 is 5.97 Å². The molecule has 0 amide bonds. The van der Waals surface area contributed by atoms with E-state index in [-0.39, 0.29) is 12.0 Å². The maximum atomic E-state index is 11.7. The second-order valence-electron chi connectivity index (χ2n) is 8.56. The second kappa shape index (κ2) is 9.47. The number of esters is 1. The summed E-state index contributed by atoms with van der Waals surface area (Å²) in [5.41, 5.74) is 2.67. The molecule has 0 radical (unpaired) electrons. The Balaban J connectivity index is 1.37. The van der Waals surface area contributed by atoms with E-state index in [1.807, 2.05) is 12.1 Å². The molecule has 1 aliphatic heterocycles. The van der Waals surface area contributed by atoms with Crippen LogP contribution in [0.5, 0.6) is 0 Å². The largest absolute Gasteiger partial charge is 0.465 e. The van der Waals surface area contributed by atoms with Crippen molar-refractivity contribution >= 4 is 28.4 Å².